The van der Waals surface area contributed by atoms with E-state index in [1.165, 1.54) is 0 Å². The molecule has 2 aliphatic heterocycles. The Bertz CT molecular complexity index is 321. The number of piperidine rings is 1. The second kappa shape index (κ2) is 6.86. The number of carboxylic acid groups (broad SMARTS) is 1. The van der Waals surface area contributed by atoms with Crippen LogP contribution in [-0.4, -0.2) is 72.1 Å². The number of piperazine rings is 1. The van der Waals surface area contributed by atoms with Crippen molar-refractivity contribution in [3.63, 3.8) is 0 Å². The standard InChI is InChI=1S/C13H23N3O3/c17-12(18)4-6-15-7-9-16(10-8-15)13(19)11-3-1-2-5-14-11/h11,14H,1-10H2,(H,17,18). The summed E-state index contributed by atoms with van der Waals surface area (Å²) >= 11 is 0. The van der Waals surface area contributed by atoms with Crippen LogP contribution in [0, 0.1) is 0 Å². The molecule has 0 aromatic heterocycles. The highest BCUT2D eigenvalue weighted by Crippen LogP contribution is 2.12. The smallest absolute Gasteiger partial charge is 0.304 e. The average Bonchev–Trinajstić information content (AvgIpc) is 2.46. The van der Waals surface area contributed by atoms with Gasteiger partial charge in [-0.2, -0.15) is 0 Å². The molecule has 19 heavy (non-hydrogen) atoms. The quantitative estimate of drug-likeness (QED) is 0.736. The van der Waals surface area contributed by atoms with E-state index in [0.29, 0.717) is 6.54 Å². The van der Waals surface area contributed by atoms with Crippen LogP contribution in [0.15, 0.2) is 0 Å². The molecule has 2 saturated heterocycles. The van der Waals surface area contributed by atoms with Crippen LogP contribution in [0.4, 0.5) is 0 Å². The van der Waals surface area contributed by atoms with E-state index < -0.39 is 5.97 Å². The lowest BCUT2D eigenvalue weighted by Gasteiger charge is -2.37. The Hall–Kier alpha value is -1.14. The highest BCUT2D eigenvalue weighted by molar-refractivity contribution is 5.82. The first kappa shape index (κ1) is 14.3. The molecule has 6 heteroatoms. The normalized spacial score (nSPS) is 25.3. The lowest BCUT2D eigenvalue weighted by Crippen LogP contribution is -2.55. The van der Waals surface area contributed by atoms with E-state index >= 15 is 0 Å². The van der Waals surface area contributed by atoms with Crippen LogP contribution in [0.2, 0.25) is 0 Å². The van der Waals surface area contributed by atoms with Gasteiger partial charge in [-0.15, -0.1) is 0 Å². The van der Waals surface area contributed by atoms with Crippen LogP contribution >= 0.6 is 0 Å². The Kier molecular flexibility index (Phi) is 5.15. The maximum absolute atomic E-state index is 12.3. The third-order valence-corrected chi connectivity index (χ3v) is 3.93. The molecule has 1 amide bonds. The molecule has 0 aromatic carbocycles. The highest BCUT2D eigenvalue weighted by Gasteiger charge is 2.28. The molecular formula is C13H23N3O3. The van der Waals surface area contributed by atoms with Crippen molar-refractivity contribution in [2.45, 2.75) is 31.7 Å². The summed E-state index contributed by atoms with van der Waals surface area (Å²) in [7, 11) is 0. The van der Waals surface area contributed by atoms with Crippen LogP contribution in [-0.2, 0) is 9.59 Å². The fraction of sp³-hybridized carbons (Fsp3) is 0.846. The van der Waals surface area contributed by atoms with E-state index in [0.717, 1.165) is 52.0 Å². The Morgan fingerprint density at radius 1 is 1.16 bits per heavy atom. The molecule has 0 aliphatic carbocycles. The predicted octanol–water partition coefficient (Wildman–Crippen LogP) is -0.253. The zero-order valence-electron chi connectivity index (χ0n) is 11.3. The number of carbonyl (C=O) groups excluding carboxylic acids is 1. The summed E-state index contributed by atoms with van der Waals surface area (Å²) in [6.45, 7) is 4.53. The zero-order chi connectivity index (χ0) is 13.7. The third kappa shape index (κ3) is 4.18. The second-order valence-electron chi connectivity index (χ2n) is 5.31. The first-order valence-corrected chi connectivity index (χ1v) is 7.13. The monoisotopic (exact) mass is 269 g/mol. The van der Waals surface area contributed by atoms with E-state index in [9.17, 15) is 9.59 Å². The van der Waals surface area contributed by atoms with Gasteiger partial charge in [-0.3, -0.25) is 14.5 Å². The van der Waals surface area contributed by atoms with Gasteiger partial charge in [0.1, 0.15) is 0 Å². The summed E-state index contributed by atoms with van der Waals surface area (Å²) < 4.78 is 0. The largest absolute Gasteiger partial charge is 0.481 e. The van der Waals surface area contributed by atoms with Gasteiger partial charge in [0.15, 0.2) is 0 Å². The Labute approximate surface area is 113 Å². The molecule has 6 nitrogen and oxygen atoms in total. The molecule has 2 rings (SSSR count). The van der Waals surface area contributed by atoms with Gasteiger partial charge in [0.2, 0.25) is 5.91 Å². The predicted molar refractivity (Wildman–Crippen MR) is 70.9 cm³/mol. The maximum atomic E-state index is 12.3. The van der Waals surface area contributed by atoms with E-state index in [2.05, 4.69) is 10.2 Å². The fourth-order valence-corrected chi connectivity index (χ4v) is 2.73. The Morgan fingerprint density at radius 3 is 2.47 bits per heavy atom. The maximum Gasteiger partial charge on any atom is 0.304 e. The van der Waals surface area contributed by atoms with Crippen molar-refractivity contribution in [3.8, 4) is 0 Å². The van der Waals surface area contributed by atoms with Gasteiger partial charge in [-0.25, -0.2) is 0 Å². The lowest BCUT2D eigenvalue weighted by atomic mass is 10.0. The first-order chi connectivity index (χ1) is 9.16. The van der Waals surface area contributed by atoms with Crippen LogP contribution in [0.3, 0.4) is 0 Å². The first-order valence-electron chi connectivity index (χ1n) is 7.13. The molecule has 2 fully saturated rings. The molecule has 0 radical (unpaired) electrons. The fourth-order valence-electron chi connectivity index (χ4n) is 2.73. The van der Waals surface area contributed by atoms with Crippen molar-refractivity contribution in [2.75, 3.05) is 39.3 Å². The summed E-state index contributed by atoms with van der Waals surface area (Å²) in [4.78, 5) is 26.8. The van der Waals surface area contributed by atoms with Crippen molar-refractivity contribution >= 4 is 11.9 Å². The van der Waals surface area contributed by atoms with Crippen molar-refractivity contribution in [1.29, 1.82) is 0 Å². The number of carboxylic acids is 1. The van der Waals surface area contributed by atoms with Crippen LogP contribution in [0.5, 0.6) is 0 Å². The average molecular weight is 269 g/mol. The van der Waals surface area contributed by atoms with Crippen molar-refractivity contribution < 1.29 is 14.7 Å². The molecule has 0 saturated carbocycles. The molecule has 2 heterocycles. The van der Waals surface area contributed by atoms with Crippen LogP contribution in [0.25, 0.3) is 0 Å². The van der Waals surface area contributed by atoms with Gasteiger partial charge in [-0.1, -0.05) is 6.42 Å². The molecule has 108 valence electrons. The molecule has 0 spiro atoms. The van der Waals surface area contributed by atoms with Gasteiger partial charge >= 0.3 is 5.97 Å². The number of rotatable bonds is 4. The summed E-state index contributed by atoms with van der Waals surface area (Å²) in [5.74, 6) is -0.539. The molecule has 2 aliphatic rings. The van der Waals surface area contributed by atoms with Gasteiger partial charge < -0.3 is 15.3 Å². The Morgan fingerprint density at radius 2 is 1.89 bits per heavy atom. The third-order valence-electron chi connectivity index (χ3n) is 3.93. The number of carbonyl (C=O) groups is 2. The summed E-state index contributed by atoms with van der Waals surface area (Å²) in [6.07, 6.45) is 3.41. The molecule has 1 unspecified atom stereocenters. The second-order valence-corrected chi connectivity index (χ2v) is 5.31. The highest BCUT2D eigenvalue weighted by atomic mass is 16.4. The number of nitrogens with zero attached hydrogens (tertiary/aromatic N) is 2. The molecule has 2 N–H and O–H groups in total. The van der Waals surface area contributed by atoms with Gasteiger partial charge in [0.05, 0.1) is 12.5 Å². The van der Waals surface area contributed by atoms with Crippen molar-refractivity contribution in [3.05, 3.63) is 0 Å². The minimum Gasteiger partial charge on any atom is -0.481 e. The number of hydrogen-bond donors (Lipinski definition) is 2. The molecular weight excluding hydrogens is 246 g/mol. The Balaban J connectivity index is 1.72. The summed E-state index contributed by atoms with van der Waals surface area (Å²) in [5, 5.41) is 11.9. The van der Waals surface area contributed by atoms with Crippen molar-refractivity contribution in [1.82, 2.24) is 15.1 Å². The molecule has 0 aromatic rings. The minimum atomic E-state index is -0.759. The van der Waals surface area contributed by atoms with Gasteiger partial charge in [0, 0.05) is 32.7 Å². The topological polar surface area (TPSA) is 72.9 Å². The molecule has 0 bridgehead atoms. The number of aliphatic carboxylic acids is 1. The van der Waals surface area contributed by atoms with Gasteiger partial charge in [-0.05, 0) is 19.4 Å². The van der Waals surface area contributed by atoms with E-state index in [1.54, 1.807) is 0 Å². The number of hydrogen-bond acceptors (Lipinski definition) is 4. The minimum absolute atomic E-state index is 0.000630. The zero-order valence-corrected chi connectivity index (χ0v) is 11.3. The van der Waals surface area contributed by atoms with Crippen molar-refractivity contribution in [2.24, 2.45) is 0 Å². The summed E-state index contributed by atoms with van der Waals surface area (Å²) in [6, 6.07) is -0.000630. The SMILES string of the molecule is O=C(O)CCN1CCN(C(=O)C2CCCCN2)CC1. The lowest BCUT2D eigenvalue weighted by molar-refractivity contribution is -0.139. The van der Waals surface area contributed by atoms with E-state index in [1.807, 2.05) is 4.90 Å². The molecule has 1 atom stereocenters. The van der Waals surface area contributed by atoms with Crippen LogP contribution < -0.4 is 5.32 Å². The number of amides is 1. The van der Waals surface area contributed by atoms with E-state index in [4.69, 9.17) is 5.11 Å². The van der Waals surface area contributed by atoms with Crippen LogP contribution in [0.1, 0.15) is 25.7 Å². The summed E-state index contributed by atoms with van der Waals surface area (Å²) in [5.41, 5.74) is 0. The number of nitrogens with one attached hydrogen (secondary N) is 1. The van der Waals surface area contributed by atoms with E-state index in [-0.39, 0.29) is 18.4 Å². The van der Waals surface area contributed by atoms with Gasteiger partial charge in [0.25, 0.3) is 0 Å².